The number of benzene rings is 2. The van der Waals surface area contributed by atoms with Crippen molar-refractivity contribution in [3.05, 3.63) is 79.0 Å². The number of aromatic nitrogens is 5. The highest BCUT2D eigenvalue weighted by Crippen LogP contribution is 2.40. The fraction of sp³-hybridized carbons (Fsp3) is 0.0909. The third kappa shape index (κ3) is 3.42. The minimum atomic E-state index is -0.504. The van der Waals surface area contributed by atoms with Gasteiger partial charge in [0.25, 0.3) is 0 Å². The van der Waals surface area contributed by atoms with Gasteiger partial charge in [0.15, 0.2) is 5.69 Å². The molecule has 0 spiro atoms. The van der Waals surface area contributed by atoms with E-state index in [4.69, 9.17) is 4.74 Å². The molecule has 30 heavy (non-hydrogen) atoms. The summed E-state index contributed by atoms with van der Waals surface area (Å²) >= 11 is 1.46. The summed E-state index contributed by atoms with van der Waals surface area (Å²) in [6, 6.07) is 17.9. The molecule has 0 fully saturated rings. The summed E-state index contributed by atoms with van der Waals surface area (Å²) in [7, 11) is 0. The lowest BCUT2D eigenvalue weighted by Crippen LogP contribution is -2.17. The second-order valence-corrected chi connectivity index (χ2v) is 7.59. The Balaban J connectivity index is 1.60. The van der Waals surface area contributed by atoms with Crippen molar-refractivity contribution < 1.29 is 4.74 Å². The second kappa shape index (κ2) is 8.00. The van der Waals surface area contributed by atoms with Crippen LogP contribution in [0.25, 0.3) is 22.5 Å². The number of ether oxygens (including phenoxy) is 1. The number of H-pyrrole nitrogens is 1. The van der Waals surface area contributed by atoms with E-state index in [1.54, 1.807) is 12.3 Å². The van der Waals surface area contributed by atoms with E-state index in [1.807, 2.05) is 54.6 Å². The van der Waals surface area contributed by atoms with Crippen molar-refractivity contribution in [2.75, 3.05) is 11.1 Å². The van der Waals surface area contributed by atoms with Crippen LogP contribution in [0.2, 0.25) is 0 Å². The Morgan fingerprint density at radius 2 is 1.90 bits per heavy atom. The molecule has 3 heterocycles. The van der Waals surface area contributed by atoms with Crippen molar-refractivity contribution in [2.45, 2.75) is 11.4 Å². The van der Waals surface area contributed by atoms with E-state index >= 15 is 0 Å². The van der Waals surface area contributed by atoms with Gasteiger partial charge in [0, 0.05) is 22.6 Å². The number of anilines is 1. The molecular formula is C22H18N6OS. The summed E-state index contributed by atoms with van der Waals surface area (Å²) in [5, 5.41) is 20.0. The molecule has 1 atom stereocenters. The summed E-state index contributed by atoms with van der Waals surface area (Å²) in [4.78, 5) is 4.62. The molecule has 1 aliphatic heterocycles. The lowest BCUT2D eigenvalue weighted by Gasteiger charge is -2.19. The van der Waals surface area contributed by atoms with Crippen molar-refractivity contribution in [3.8, 4) is 28.4 Å². The maximum atomic E-state index is 6.34. The highest BCUT2D eigenvalue weighted by atomic mass is 32.2. The number of fused-ring (bicyclic) bond motifs is 3. The lowest BCUT2D eigenvalue weighted by atomic mass is 10.1. The largest absolute Gasteiger partial charge is 0.448 e. The maximum Gasteiger partial charge on any atom is 0.247 e. The van der Waals surface area contributed by atoms with Crippen LogP contribution in [0.1, 0.15) is 11.8 Å². The first kappa shape index (κ1) is 18.4. The molecule has 8 heteroatoms. The fourth-order valence-corrected chi connectivity index (χ4v) is 3.83. The molecule has 2 aromatic heterocycles. The van der Waals surface area contributed by atoms with Crippen molar-refractivity contribution in [2.24, 2.45) is 0 Å². The van der Waals surface area contributed by atoms with E-state index in [0.29, 0.717) is 22.5 Å². The highest BCUT2D eigenvalue weighted by molar-refractivity contribution is 7.99. The summed E-state index contributed by atoms with van der Waals surface area (Å²) < 4.78 is 6.34. The van der Waals surface area contributed by atoms with E-state index in [1.165, 1.54) is 11.8 Å². The smallest absolute Gasteiger partial charge is 0.247 e. The van der Waals surface area contributed by atoms with Crippen LogP contribution in [-0.4, -0.2) is 31.1 Å². The third-order valence-corrected chi connectivity index (χ3v) is 5.51. The molecule has 0 bridgehead atoms. The first-order valence-electron chi connectivity index (χ1n) is 9.43. The third-order valence-electron chi connectivity index (χ3n) is 4.68. The first-order chi connectivity index (χ1) is 14.8. The van der Waals surface area contributed by atoms with Gasteiger partial charge in [-0.3, -0.25) is 5.10 Å². The number of hydrogen-bond acceptors (Lipinski definition) is 7. The van der Waals surface area contributed by atoms with Gasteiger partial charge in [0.05, 0.1) is 17.5 Å². The average molecular weight is 414 g/mol. The number of para-hydroxylation sites is 1. The monoisotopic (exact) mass is 414 g/mol. The summed E-state index contributed by atoms with van der Waals surface area (Å²) in [6.45, 7) is 3.74. The van der Waals surface area contributed by atoms with Gasteiger partial charge in [-0.1, -0.05) is 66.4 Å². The zero-order chi connectivity index (χ0) is 20.3. The minimum Gasteiger partial charge on any atom is -0.448 e. The van der Waals surface area contributed by atoms with Crippen LogP contribution >= 0.6 is 11.8 Å². The van der Waals surface area contributed by atoms with E-state index < -0.39 is 6.23 Å². The first-order valence-corrected chi connectivity index (χ1v) is 10.4. The zero-order valence-corrected chi connectivity index (χ0v) is 16.8. The molecule has 2 N–H and O–H groups in total. The second-order valence-electron chi connectivity index (χ2n) is 6.60. The Bertz CT molecular complexity index is 1190. The van der Waals surface area contributed by atoms with Gasteiger partial charge in [0.1, 0.15) is 0 Å². The van der Waals surface area contributed by atoms with Crippen LogP contribution in [0.3, 0.4) is 0 Å². The van der Waals surface area contributed by atoms with Crippen molar-refractivity contribution in [1.29, 1.82) is 0 Å². The Kier molecular flexibility index (Phi) is 4.90. The average Bonchev–Trinajstić information content (AvgIpc) is 3.22. The van der Waals surface area contributed by atoms with E-state index in [0.717, 1.165) is 28.1 Å². The maximum absolute atomic E-state index is 6.34. The van der Waals surface area contributed by atoms with Crippen LogP contribution < -0.4 is 10.1 Å². The van der Waals surface area contributed by atoms with E-state index in [-0.39, 0.29) is 0 Å². The Morgan fingerprint density at radius 1 is 1.07 bits per heavy atom. The molecule has 0 saturated heterocycles. The van der Waals surface area contributed by atoms with Crippen molar-refractivity contribution in [1.82, 2.24) is 25.4 Å². The van der Waals surface area contributed by atoms with Gasteiger partial charge in [0.2, 0.25) is 17.3 Å². The van der Waals surface area contributed by atoms with Crippen LogP contribution in [0.4, 0.5) is 5.69 Å². The Hall–Kier alpha value is -3.65. The van der Waals surface area contributed by atoms with Gasteiger partial charge in [-0.25, -0.2) is 0 Å². The molecule has 1 aliphatic rings. The molecule has 7 nitrogen and oxygen atoms in total. The number of nitrogens with one attached hydrogen (secondary N) is 2. The normalized spacial score (nSPS) is 14.6. The molecule has 148 valence electrons. The molecule has 4 aromatic rings. The minimum absolute atomic E-state index is 0.430. The lowest BCUT2D eigenvalue weighted by molar-refractivity contribution is 0.226. The van der Waals surface area contributed by atoms with E-state index in [9.17, 15) is 0 Å². The molecule has 0 aliphatic carbocycles. The van der Waals surface area contributed by atoms with E-state index in [2.05, 4.69) is 37.3 Å². The number of hydrogen-bond donors (Lipinski definition) is 2. The predicted octanol–water partition coefficient (Wildman–Crippen LogP) is 4.71. The molecule has 0 amide bonds. The molecular weight excluding hydrogens is 396 g/mol. The molecule has 2 aromatic carbocycles. The SMILES string of the molecule is C=CCSc1nnc2c(n1)OC(c1cn[nH]c1-c1ccccc1)Nc1ccccc1-2. The molecule has 0 saturated carbocycles. The van der Waals surface area contributed by atoms with Gasteiger partial charge in [-0.2, -0.15) is 10.1 Å². The summed E-state index contributed by atoms with van der Waals surface area (Å²) in [5.74, 6) is 1.12. The molecule has 0 radical (unpaired) electrons. The zero-order valence-electron chi connectivity index (χ0n) is 15.9. The van der Waals surface area contributed by atoms with Crippen LogP contribution in [0.15, 0.2) is 78.6 Å². The van der Waals surface area contributed by atoms with Gasteiger partial charge in [-0.05, 0) is 6.07 Å². The quantitative estimate of drug-likeness (QED) is 0.361. The fourth-order valence-electron chi connectivity index (χ4n) is 3.31. The van der Waals surface area contributed by atoms with Gasteiger partial charge in [-0.15, -0.1) is 16.8 Å². The topological polar surface area (TPSA) is 88.6 Å². The summed E-state index contributed by atoms with van der Waals surface area (Å²) in [6.07, 6.45) is 3.07. The summed E-state index contributed by atoms with van der Waals surface area (Å²) in [5.41, 5.74) is 5.17. The van der Waals surface area contributed by atoms with Crippen molar-refractivity contribution in [3.63, 3.8) is 0 Å². The number of nitrogens with zero attached hydrogens (tertiary/aromatic N) is 4. The van der Waals surface area contributed by atoms with Crippen LogP contribution in [0, 0.1) is 0 Å². The number of rotatable bonds is 5. The van der Waals surface area contributed by atoms with Gasteiger partial charge >= 0.3 is 0 Å². The predicted molar refractivity (Wildman–Crippen MR) is 117 cm³/mol. The van der Waals surface area contributed by atoms with Crippen molar-refractivity contribution >= 4 is 17.4 Å². The Morgan fingerprint density at radius 3 is 2.77 bits per heavy atom. The molecule has 1 unspecified atom stereocenters. The number of aromatic amines is 1. The standard InChI is InChI=1S/C22H18N6OS/c1-2-12-30-22-25-21-19(27-28-22)15-10-6-7-11-17(15)24-20(29-21)16-13-23-26-18(16)14-8-4-3-5-9-14/h2-11,13,20,24H,1,12H2,(H,23,26). The highest BCUT2D eigenvalue weighted by Gasteiger charge is 2.28. The van der Waals surface area contributed by atoms with Gasteiger partial charge < -0.3 is 10.1 Å². The Labute approximate surface area is 177 Å². The number of thioether (sulfide) groups is 1. The van der Waals surface area contributed by atoms with Crippen LogP contribution in [-0.2, 0) is 0 Å². The molecule has 5 rings (SSSR count). The van der Waals surface area contributed by atoms with Crippen LogP contribution in [0.5, 0.6) is 5.88 Å².